The van der Waals surface area contributed by atoms with Crippen molar-refractivity contribution >= 4 is 23.2 Å². The second kappa shape index (κ2) is 8.87. The number of aryl methyl sites for hydroxylation is 1. The second-order valence-electron chi connectivity index (χ2n) is 5.75. The largest absolute Gasteiger partial charge is 0.480 e. The van der Waals surface area contributed by atoms with Crippen molar-refractivity contribution in [2.45, 2.75) is 39.7 Å². The van der Waals surface area contributed by atoms with Crippen LogP contribution in [-0.4, -0.2) is 17.9 Å². The molecule has 1 atom stereocenters. The van der Waals surface area contributed by atoms with E-state index in [-0.39, 0.29) is 11.8 Å². The summed E-state index contributed by atoms with van der Waals surface area (Å²) in [4.78, 5) is 24.0. The van der Waals surface area contributed by atoms with Crippen molar-refractivity contribution in [1.82, 2.24) is 0 Å². The molecule has 2 N–H and O–H groups in total. The highest BCUT2D eigenvalue weighted by molar-refractivity contribution is 5.96. The molecule has 0 aliphatic rings. The summed E-state index contributed by atoms with van der Waals surface area (Å²) in [7, 11) is 0. The Kier molecular flexibility index (Phi) is 6.57. The maximum atomic E-state index is 12.5. The fourth-order valence-corrected chi connectivity index (χ4v) is 2.31. The lowest BCUT2D eigenvalue weighted by Crippen LogP contribution is -2.32. The maximum Gasteiger partial charge on any atom is 0.265 e. The molecule has 0 aromatic heterocycles. The Labute approximate surface area is 148 Å². The van der Waals surface area contributed by atoms with Crippen molar-refractivity contribution in [2.24, 2.45) is 0 Å². The number of carbonyl (C=O) groups is 2. The summed E-state index contributed by atoms with van der Waals surface area (Å²) in [6.07, 6.45) is 0.362. The van der Waals surface area contributed by atoms with E-state index in [1.165, 1.54) is 0 Å². The number of hydrogen-bond acceptors (Lipinski definition) is 3. The highest BCUT2D eigenvalue weighted by atomic mass is 16.5. The summed E-state index contributed by atoms with van der Waals surface area (Å²) in [6, 6.07) is 14.7. The number of amides is 2. The lowest BCUT2D eigenvalue weighted by atomic mass is 10.2. The number of anilines is 2. The van der Waals surface area contributed by atoms with E-state index >= 15 is 0 Å². The number of nitrogens with one attached hydrogen (secondary N) is 2. The molecule has 0 heterocycles. The van der Waals surface area contributed by atoms with Crippen molar-refractivity contribution in [2.75, 3.05) is 10.6 Å². The monoisotopic (exact) mass is 340 g/mol. The number of carbonyl (C=O) groups excluding carboxylic acids is 2. The average Bonchev–Trinajstić information content (AvgIpc) is 2.61. The summed E-state index contributed by atoms with van der Waals surface area (Å²) in [5.74, 6) is 0.413. The van der Waals surface area contributed by atoms with E-state index in [9.17, 15) is 9.59 Å². The fraction of sp³-hybridized carbons (Fsp3) is 0.300. The van der Waals surface area contributed by atoms with E-state index in [0.717, 1.165) is 5.56 Å². The second-order valence-corrected chi connectivity index (χ2v) is 5.75. The summed E-state index contributed by atoms with van der Waals surface area (Å²) >= 11 is 0. The smallest absolute Gasteiger partial charge is 0.265 e. The van der Waals surface area contributed by atoms with Crippen LogP contribution in [0, 0.1) is 6.92 Å². The van der Waals surface area contributed by atoms with E-state index in [1.807, 2.05) is 38.1 Å². The van der Waals surface area contributed by atoms with Gasteiger partial charge < -0.3 is 15.4 Å². The predicted molar refractivity (Wildman–Crippen MR) is 99.9 cm³/mol. The standard InChI is InChI=1S/C20H24N2O3/c1-4-17(25-18-12-7-6-9-14(18)3)20(24)22-16-11-8-10-15(13-16)21-19(23)5-2/h6-13,17H,4-5H2,1-3H3,(H,21,23)(H,22,24). The van der Waals surface area contributed by atoms with Gasteiger partial charge in [-0.25, -0.2) is 0 Å². The van der Waals surface area contributed by atoms with Gasteiger partial charge in [-0.1, -0.05) is 38.1 Å². The van der Waals surface area contributed by atoms with Crippen molar-refractivity contribution in [1.29, 1.82) is 0 Å². The van der Waals surface area contributed by atoms with Crippen LogP contribution in [0.25, 0.3) is 0 Å². The molecule has 2 rings (SSSR count). The number of rotatable bonds is 7. The molecular weight excluding hydrogens is 316 g/mol. The molecule has 0 bridgehead atoms. The van der Waals surface area contributed by atoms with Gasteiger partial charge in [-0.05, 0) is 43.2 Å². The lowest BCUT2D eigenvalue weighted by Gasteiger charge is -2.18. The van der Waals surface area contributed by atoms with Gasteiger partial charge >= 0.3 is 0 Å². The molecule has 2 amide bonds. The summed E-state index contributed by atoms with van der Waals surface area (Å²) < 4.78 is 5.86. The molecule has 0 radical (unpaired) electrons. The van der Waals surface area contributed by atoms with E-state index in [2.05, 4.69) is 10.6 Å². The molecule has 132 valence electrons. The first kappa shape index (κ1) is 18.5. The zero-order valence-corrected chi connectivity index (χ0v) is 14.8. The van der Waals surface area contributed by atoms with Crippen molar-refractivity contribution in [3.63, 3.8) is 0 Å². The third kappa shape index (κ3) is 5.35. The molecule has 0 saturated heterocycles. The molecule has 5 nitrogen and oxygen atoms in total. The van der Waals surface area contributed by atoms with Crippen molar-refractivity contribution < 1.29 is 14.3 Å². The lowest BCUT2D eigenvalue weighted by molar-refractivity contribution is -0.122. The van der Waals surface area contributed by atoms with Crippen molar-refractivity contribution in [3.05, 3.63) is 54.1 Å². The van der Waals surface area contributed by atoms with Gasteiger partial charge in [-0.2, -0.15) is 0 Å². The van der Waals surface area contributed by atoms with Crippen LogP contribution in [0.1, 0.15) is 32.3 Å². The Morgan fingerprint density at radius 3 is 2.32 bits per heavy atom. The minimum atomic E-state index is -0.588. The van der Waals surface area contributed by atoms with Crippen molar-refractivity contribution in [3.8, 4) is 5.75 Å². The van der Waals surface area contributed by atoms with Gasteiger partial charge in [0.15, 0.2) is 6.10 Å². The Hall–Kier alpha value is -2.82. The fourth-order valence-electron chi connectivity index (χ4n) is 2.31. The third-order valence-corrected chi connectivity index (χ3v) is 3.76. The SMILES string of the molecule is CCC(=O)Nc1cccc(NC(=O)C(CC)Oc2ccccc2C)c1. The molecule has 0 fully saturated rings. The Bertz CT molecular complexity index is 743. The highest BCUT2D eigenvalue weighted by Gasteiger charge is 2.19. The molecular formula is C20H24N2O3. The first-order valence-electron chi connectivity index (χ1n) is 8.46. The van der Waals surface area contributed by atoms with Gasteiger partial charge in [0.25, 0.3) is 5.91 Å². The summed E-state index contributed by atoms with van der Waals surface area (Å²) in [5, 5.41) is 5.62. The van der Waals surface area contributed by atoms with E-state index in [4.69, 9.17) is 4.74 Å². The minimum Gasteiger partial charge on any atom is -0.480 e. The number of benzene rings is 2. The molecule has 0 aliphatic heterocycles. The Morgan fingerprint density at radius 2 is 1.68 bits per heavy atom. The molecule has 0 aliphatic carbocycles. The third-order valence-electron chi connectivity index (χ3n) is 3.76. The average molecular weight is 340 g/mol. The van der Waals surface area contributed by atoms with E-state index in [0.29, 0.717) is 30.0 Å². The van der Waals surface area contributed by atoms with Crippen LogP contribution in [-0.2, 0) is 9.59 Å². The number of para-hydroxylation sites is 1. The van der Waals surface area contributed by atoms with Gasteiger partial charge in [-0.3, -0.25) is 9.59 Å². The quantitative estimate of drug-likeness (QED) is 0.796. The topological polar surface area (TPSA) is 67.4 Å². The van der Waals surface area contributed by atoms with Crippen LogP contribution in [0.3, 0.4) is 0 Å². The Morgan fingerprint density at radius 1 is 1.00 bits per heavy atom. The first-order chi connectivity index (χ1) is 12.0. The summed E-state index contributed by atoms with van der Waals surface area (Å²) in [5.41, 5.74) is 2.25. The van der Waals surface area contributed by atoms with Crippen LogP contribution in [0.5, 0.6) is 5.75 Å². The molecule has 0 saturated carbocycles. The highest BCUT2D eigenvalue weighted by Crippen LogP contribution is 2.20. The van der Waals surface area contributed by atoms with E-state index in [1.54, 1.807) is 31.2 Å². The zero-order chi connectivity index (χ0) is 18.2. The van der Waals surface area contributed by atoms with Gasteiger partial charge in [0.2, 0.25) is 5.91 Å². The first-order valence-corrected chi connectivity index (χ1v) is 8.46. The molecule has 5 heteroatoms. The van der Waals surface area contributed by atoms with Gasteiger partial charge in [0.05, 0.1) is 0 Å². The Balaban J connectivity index is 2.05. The summed E-state index contributed by atoms with van der Waals surface area (Å²) in [6.45, 7) is 5.63. The van der Waals surface area contributed by atoms with Gasteiger partial charge in [-0.15, -0.1) is 0 Å². The zero-order valence-electron chi connectivity index (χ0n) is 14.8. The van der Waals surface area contributed by atoms with Crippen LogP contribution in [0.15, 0.2) is 48.5 Å². The van der Waals surface area contributed by atoms with Crippen LogP contribution >= 0.6 is 0 Å². The molecule has 1 unspecified atom stereocenters. The predicted octanol–water partition coefficient (Wildman–Crippen LogP) is 4.14. The van der Waals surface area contributed by atoms with E-state index < -0.39 is 6.10 Å². The maximum absolute atomic E-state index is 12.5. The normalized spacial score (nSPS) is 11.5. The molecule has 2 aromatic rings. The number of hydrogen-bond donors (Lipinski definition) is 2. The van der Waals surface area contributed by atoms with Gasteiger partial charge in [0, 0.05) is 17.8 Å². The van der Waals surface area contributed by atoms with Crippen LogP contribution in [0.2, 0.25) is 0 Å². The molecule has 0 spiro atoms. The molecule has 2 aromatic carbocycles. The number of ether oxygens (including phenoxy) is 1. The van der Waals surface area contributed by atoms with Crippen LogP contribution < -0.4 is 15.4 Å². The molecule has 25 heavy (non-hydrogen) atoms. The minimum absolute atomic E-state index is 0.0715. The van der Waals surface area contributed by atoms with Gasteiger partial charge in [0.1, 0.15) is 5.75 Å². The van der Waals surface area contributed by atoms with Crippen LogP contribution in [0.4, 0.5) is 11.4 Å².